The van der Waals surface area contributed by atoms with E-state index in [1.54, 1.807) is 5.38 Å². The van der Waals surface area contributed by atoms with Crippen LogP contribution in [-0.4, -0.2) is 57.4 Å². The summed E-state index contributed by atoms with van der Waals surface area (Å²) < 4.78 is 4.85. The minimum atomic E-state index is -1.56. The summed E-state index contributed by atoms with van der Waals surface area (Å²) in [6, 6.07) is -0.959. The Balaban J connectivity index is 0.00000320. The van der Waals surface area contributed by atoms with Crippen LogP contribution in [0.3, 0.4) is 0 Å². The van der Waals surface area contributed by atoms with Gasteiger partial charge in [0.25, 0.3) is 11.8 Å². The van der Waals surface area contributed by atoms with Crippen LogP contribution < -0.4 is 45.7 Å². The summed E-state index contributed by atoms with van der Waals surface area (Å²) >= 11 is 8.09. The van der Waals surface area contributed by atoms with Crippen LogP contribution in [0.25, 0.3) is 5.57 Å². The fourth-order valence-electron chi connectivity index (χ4n) is 2.82. The van der Waals surface area contributed by atoms with Gasteiger partial charge in [0.15, 0.2) is 5.13 Å². The van der Waals surface area contributed by atoms with E-state index in [0.717, 1.165) is 21.8 Å². The Morgan fingerprint density at radius 1 is 1.50 bits per heavy atom. The Morgan fingerprint density at radius 2 is 2.20 bits per heavy atom. The number of hydrogen-bond donors (Lipinski definition) is 2. The molecule has 2 atom stereocenters. The minimum Gasteiger partial charge on any atom is -0.543 e. The number of β-lactam (4-membered cyclic amide) rings is 1. The summed E-state index contributed by atoms with van der Waals surface area (Å²) in [5, 5.41) is 15.3. The fraction of sp³-hybridized carbons (Fsp3) is 0.312. The molecule has 1 aromatic rings. The number of carbonyl (C=O) groups excluding carboxylic acids is 4. The van der Waals surface area contributed by atoms with Crippen molar-refractivity contribution in [2.75, 3.05) is 18.1 Å². The van der Waals surface area contributed by atoms with Crippen LogP contribution in [0.15, 0.2) is 22.2 Å². The molecule has 2 aliphatic rings. The molecule has 14 heteroatoms. The number of carboxylic acid groups (broad SMARTS) is 1. The van der Waals surface area contributed by atoms with Gasteiger partial charge in [-0.15, -0.1) is 23.1 Å². The van der Waals surface area contributed by atoms with Crippen LogP contribution in [0.2, 0.25) is 0 Å². The van der Waals surface area contributed by atoms with Gasteiger partial charge in [-0.05, 0) is 0 Å². The monoisotopic (exact) mass is 480 g/mol. The van der Waals surface area contributed by atoms with Gasteiger partial charge >= 0.3 is 35.5 Å². The van der Waals surface area contributed by atoms with Gasteiger partial charge in [0.2, 0.25) is 0 Å². The molecule has 0 radical (unpaired) electrons. The smallest absolute Gasteiger partial charge is 0.543 e. The third-order valence-corrected chi connectivity index (χ3v) is 6.36. The number of nitrogens with zero attached hydrogens (tertiary/aromatic N) is 2. The molecule has 154 valence electrons. The third kappa shape index (κ3) is 4.84. The van der Waals surface area contributed by atoms with Crippen LogP contribution in [-0.2, 0) is 23.9 Å². The predicted molar refractivity (Wildman–Crippen MR) is 104 cm³/mol. The van der Waals surface area contributed by atoms with Crippen molar-refractivity contribution < 1.29 is 58.6 Å². The van der Waals surface area contributed by atoms with Crippen LogP contribution >= 0.6 is 34.7 Å². The van der Waals surface area contributed by atoms with Gasteiger partial charge in [-0.1, -0.05) is 11.6 Å². The summed E-state index contributed by atoms with van der Waals surface area (Å²) in [6.07, 6.45) is 0. The zero-order valence-corrected chi connectivity index (χ0v) is 20.2. The molecule has 3 heterocycles. The summed E-state index contributed by atoms with van der Waals surface area (Å²) in [5.41, 5.74) is 6.79. The number of aliphatic carboxylic acids is 1. The van der Waals surface area contributed by atoms with Crippen molar-refractivity contribution in [2.24, 2.45) is 0 Å². The van der Waals surface area contributed by atoms with Crippen LogP contribution in [0.1, 0.15) is 12.6 Å². The SMILES string of the molecule is CC(=O)OCC1=C(C(=O)[O-])N2C(=O)C(NC(=O)C(=CCl)c3csc(N)n3)[C@@H]2SC1.[Na+]. The molecule has 2 aliphatic heterocycles. The largest absolute Gasteiger partial charge is 1.00 e. The zero-order valence-electron chi connectivity index (χ0n) is 15.8. The first-order valence-electron chi connectivity index (χ1n) is 8.08. The minimum absolute atomic E-state index is 0. The molecule has 3 rings (SSSR count). The maximum atomic E-state index is 12.6. The number of nitrogens with one attached hydrogen (secondary N) is 1. The number of rotatable bonds is 6. The van der Waals surface area contributed by atoms with E-state index in [1.807, 2.05) is 0 Å². The van der Waals surface area contributed by atoms with E-state index in [4.69, 9.17) is 22.1 Å². The number of carboxylic acids is 1. The molecule has 1 saturated heterocycles. The van der Waals surface area contributed by atoms with Crippen molar-refractivity contribution in [3.8, 4) is 0 Å². The van der Waals surface area contributed by atoms with Crippen LogP contribution in [0.5, 0.6) is 0 Å². The number of nitrogens with two attached hydrogens (primary N) is 1. The number of thioether (sulfide) groups is 1. The number of halogens is 1. The average molecular weight is 481 g/mol. The van der Waals surface area contributed by atoms with Crippen molar-refractivity contribution in [1.29, 1.82) is 0 Å². The molecule has 10 nitrogen and oxygen atoms in total. The van der Waals surface area contributed by atoms with Gasteiger partial charge in [0.1, 0.15) is 18.0 Å². The third-order valence-electron chi connectivity index (χ3n) is 4.13. The van der Waals surface area contributed by atoms with E-state index < -0.39 is 35.2 Å². The molecule has 30 heavy (non-hydrogen) atoms. The van der Waals surface area contributed by atoms with Crippen molar-refractivity contribution in [3.63, 3.8) is 0 Å². The number of carbonyl (C=O) groups is 4. The first-order chi connectivity index (χ1) is 13.7. The van der Waals surface area contributed by atoms with Crippen molar-refractivity contribution in [3.05, 3.63) is 27.9 Å². The average Bonchev–Trinajstić information content (AvgIpc) is 3.09. The van der Waals surface area contributed by atoms with Gasteiger partial charge in [-0.2, -0.15) is 0 Å². The van der Waals surface area contributed by atoms with Gasteiger partial charge in [-0.3, -0.25) is 19.3 Å². The number of ether oxygens (including phenoxy) is 1. The number of aromatic nitrogens is 1. The molecule has 0 spiro atoms. The molecule has 1 fully saturated rings. The molecule has 0 aliphatic carbocycles. The number of nitrogen functional groups attached to an aromatic ring is 1. The van der Waals surface area contributed by atoms with E-state index in [9.17, 15) is 24.3 Å². The summed E-state index contributed by atoms with van der Waals surface area (Å²) in [5.74, 6) is -3.21. The number of anilines is 1. The number of amides is 2. The Kier molecular flexibility index (Phi) is 8.36. The summed E-state index contributed by atoms with van der Waals surface area (Å²) in [4.78, 5) is 52.7. The molecule has 0 aromatic carbocycles. The molecule has 1 unspecified atom stereocenters. The van der Waals surface area contributed by atoms with Crippen molar-refractivity contribution >= 4 is 69.2 Å². The van der Waals surface area contributed by atoms with Gasteiger partial charge < -0.3 is 25.7 Å². The van der Waals surface area contributed by atoms with Gasteiger partial charge in [-0.25, -0.2) is 4.98 Å². The normalized spacial score (nSPS) is 20.7. The second-order valence-electron chi connectivity index (χ2n) is 5.97. The summed E-state index contributed by atoms with van der Waals surface area (Å²) in [6.45, 7) is 0.930. The van der Waals surface area contributed by atoms with Crippen LogP contribution in [0, 0.1) is 0 Å². The first kappa shape index (κ1) is 24.7. The first-order valence-corrected chi connectivity index (χ1v) is 10.4. The van der Waals surface area contributed by atoms with E-state index >= 15 is 0 Å². The Bertz CT molecular complexity index is 965. The molecule has 0 bridgehead atoms. The molecular weight excluding hydrogens is 467 g/mol. The van der Waals surface area contributed by atoms with E-state index in [1.165, 1.54) is 18.7 Å². The zero-order chi connectivity index (χ0) is 21.3. The molecule has 1 aromatic heterocycles. The second kappa shape index (κ2) is 10.2. The number of hydrogen-bond acceptors (Lipinski definition) is 10. The van der Waals surface area contributed by atoms with Crippen molar-refractivity contribution in [1.82, 2.24) is 15.2 Å². The molecule has 0 saturated carbocycles. The molecular formula is C16H14ClN4NaO6S2. The maximum Gasteiger partial charge on any atom is 1.00 e. The Hall–Kier alpha value is -1.57. The van der Waals surface area contributed by atoms with E-state index in [0.29, 0.717) is 0 Å². The van der Waals surface area contributed by atoms with Crippen molar-refractivity contribution in [2.45, 2.75) is 18.3 Å². The quantitative estimate of drug-likeness (QED) is 0.181. The van der Waals surface area contributed by atoms with Gasteiger partial charge in [0, 0.05) is 29.2 Å². The Labute approximate surface area is 206 Å². The Morgan fingerprint density at radius 3 is 2.73 bits per heavy atom. The van der Waals surface area contributed by atoms with Crippen LogP contribution in [0.4, 0.5) is 5.13 Å². The fourth-order valence-corrected chi connectivity index (χ4v) is 4.92. The van der Waals surface area contributed by atoms with E-state index in [2.05, 4.69) is 10.3 Å². The topological polar surface area (TPSA) is 155 Å². The second-order valence-corrected chi connectivity index (χ2v) is 8.19. The standard InChI is InChI=1S/C16H15ClN4O6S2.Na/c1-6(22)27-3-7-4-28-14-10(13(24)21(14)11(7)15(25)26)20-12(23)8(2-17)9-5-29-16(18)19-9;/h2,5,10,14H,3-4H2,1H3,(H2,18,19)(H,20,23)(H,25,26);/q;+1/p-1/t10?,14-;/m0./s1. The van der Waals surface area contributed by atoms with E-state index in [-0.39, 0.29) is 69.6 Å². The molecule has 2 amide bonds. The molecule has 3 N–H and O–H groups in total. The maximum absolute atomic E-state index is 12.6. The number of fused-ring (bicyclic) bond motifs is 1. The number of thiazole rings is 1. The number of esters is 1. The predicted octanol–water partition coefficient (Wildman–Crippen LogP) is -3.72. The summed E-state index contributed by atoms with van der Waals surface area (Å²) in [7, 11) is 0. The van der Waals surface area contributed by atoms with Gasteiger partial charge in [0.05, 0.1) is 22.9 Å².